The first-order valence-corrected chi connectivity index (χ1v) is 7.03. The summed E-state index contributed by atoms with van der Waals surface area (Å²) >= 11 is 3.45. The summed E-state index contributed by atoms with van der Waals surface area (Å²) in [5.74, 6) is -1.01. The maximum Gasteiger partial charge on any atom is 0.354 e. The van der Waals surface area contributed by atoms with Crippen LogP contribution in [0.1, 0.15) is 34.7 Å². The Bertz CT molecular complexity index is 616. The molecule has 104 valence electrons. The van der Waals surface area contributed by atoms with Crippen LogP contribution < -0.4 is 5.32 Å². The zero-order valence-electron chi connectivity index (χ0n) is 11.0. The SMILES string of the molecule is C[C@H](NCc1cccc(C(=O)O)n1)c1cccc(Br)c1. The summed E-state index contributed by atoms with van der Waals surface area (Å²) in [6, 6.07) is 13.2. The number of benzene rings is 1. The lowest BCUT2D eigenvalue weighted by atomic mass is 10.1. The van der Waals surface area contributed by atoms with E-state index in [0.717, 1.165) is 10.0 Å². The molecule has 1 aromatic heterocycles. The molecule has 0 fully saturated rings. The van der Waals surface area contributed by atoms with Gasteiger partial charge < -0.3 is 10.4 Å². The van der Waals surface area contributed by atoms with Gasteiger partial charge in [-0.25, -0.2) is 9.78 Å². The molecule has 0 aliphatic rings. The number of rotatable bonds is 5. The summed E-state index contributed by atoms with van der Waals surface area (Å²) in [5.41, 5.74) is 1.94. The van der Waals surface area contributed by atoms with E-state index < -0.39 is 5.97 Å². The van der Waals surface area contributed by atoms with Crippen LogP contribution in [0.5, 0.6) is 0 Å². The second-order valence-electron chi connectivity index (χ2n) is 4.48. The van der Waals surface area contributed by atoms with Gasteiger partial charge in [0, 0.05) is 17.1 Å². The van der Waals surface area contributed by atoms with E-state index in [1.54, 1.807) is 6.07 Å². The molecule has 5 heteroatoms. The third-order valence-electron chi connectivity index (χ3n) is 2.96. The largest absolute Gasteiger partial charge is 0.477 e. The first-order valence-electron chi connectivity index (χ1n) is 6.24. The molecule has 0 bridgehead atoms. The summed E-state index contributed by atoms with van der Waals surface area (Å²) in [5, 5.41) is 12.2. The third kappa shape index (κ3) is 3.88. The fourth-order valence-corrected chi connectivity index (χ4v) is 2.27. The second-order valence-corrected chi connectivity index (χ2v) is 5.39. The fraction of sp³-hybridized carbons (Fsp3) is 0.200. The van der Waals surface area contributed by atoms with Gasteiger partial charge in [-0.15, -0.1) is 0 Å². The van der Waals surface area contributed by atoms with Crippen molar-refractivity contribution in [3.63, 3.8) is 0 Å². The summed E-state index contributed by atoms with van der Waals surface area (Å²) in [7, 11) is 0. The monoisotopic (exact) mass is 334 g/mol. The van der Waals surface area contributed by atoms with Gasteiger partial charge >= 0.3 is 5.97 Å². The highest BCUT2D eigenvalue weighted by atomic mass is 79.9. The van der Waals surface area contributed by atoms with Crippen molar-refractivity contribution in [2.45, 2.75) is 19.5 Å². The van der Waals surface area contributed by atoms with Crippen LogP contribution in [0.4, 0.5) is 0 Å². The van der Waals surface area contributed by atoms with E-state index in [1.807, 2.05) is 24.3 Å². The molecule has 0 amide bonds. The molecule has 0 unspecified atom stereocenters. The highest BCUT2D eigenvalue weighted by molar-refractivity contribution is 9.10. The van der Waals surface area contributed by atoms with E-state index in [4.69, 9.17) is 5.11 Å². The fourth-order valence-electron chi connectivity index (χ4n) is 1.85. The van der Waals surface area contributed by atoms with Gasteiger partial charge in [-0.2, -0.15) is 0 Å². The van der Waals surface area contributed by atoms with E-state index >= 15 is 0 Å². The molecule has 20 heavy (non-hydrogen) atoms. The first-order chi connectivity index (χ1) is 9.56. The molecule has 2 aromatic rings. The van der Waals surface area contributed by atoms with Crippen LogP contribution >= 0.6 is 15.9 Å². The number of hydrogen-bond donors (Lipinski definition) is 2. The number of hydrogen-bond acceptors (Lipinski definition) is 3. The van der Waals surface area contributed by atoms with Crippen molar-refractivity contribution >= 4 is 21.9 Å². The summed E-state index contributed by atoms with van der Waals surface area (Å²) in [6.45, 7) is 2.58. The predicted molar refractivity (Wildman–Crippen MR) is 80.6 cm³/mol. The number of carboxylic acid groups (broad SMARTS) is 1. The molecule has 0 aliphatic carbocycles. The number of aromatic nitrogens is 1. The van der Waals surface area contributed by atoms with Crippen LogP contribution in [0.25, 0.3) is 0 Å². The van der Waals surface area contributed by atoms with Crippen LogP contribution in [0.3, 0.4) is 0 Å². The Morgan fingerprint density at radius 1 is 1.35 bits per heavy atom. The Labute approximate surface area is 126 Å². The molecule has 4 nitrogen and oxygen atoms in total. The second kappa shape index (κ2) is 6.63. The predicted octanol–water partition coefficient (Wildman–Crippen LogP) is 3.39. The molecular formula is C15H15BrN2O2. The summed E-state index contributed by atoms with van der Waals surface area (Å²) in [4.78, 5) is 14.9. The average Bonchev–Trinajstić information content (AvgIpc) is 2.45. The van der Waals surface area contributed by atoms with Gasteiger partial charge in [-0.3, -0.25) is 0 Å². The molecular weight excluding hydrogens is 320 g/mol. The van der Waals surface area contributed by atoms with Gasteiger partial charge in [0.1, 0.15) is 5.69 Å². The lowest BCUT2D eigenvalue weighted by Gasteiger charge is -2.14. The maximum absolute atomic E-state index is 10.9. The molecule has 1 heterocycles. The quantitative estimate of drug-likeness (QED) is 0.879. The normalized spacial score (nSPS) is 12.1. The van der Waals surface area contributed by atoms with Crippen LogP contribution in [0.15, 0.2) is 46.9 Å². The smallest absolute Gasteiger partial charge is 0.354 e. The van der Waals surface area contributed by atoms with Crippen molar-refractivity contribution in [2.75, 3.05) is 0 Å². The van der Waals surface area contributed by atoms with Crippen molar-refractivity contribution in [1.29, 1.82) is 0 Å². The molecule has 0 saturated carbocycles. The van der Waals surface area contributed by atoms with Gasteiger partial charge in [-0.1, -0.05) is 34.1 Å². The van der Waals surface area contributed by atoms with E-state index in [2.05, 4.69) is 39.2 Å². The zero-order valence-corrected chi connectivity index (χ0v) is 12.6. The summed E-state index contributed by atoms with van der Waals surface area (Å²) in [6.07, 6.45) is 0. The number of aromatic carboxylic acids is 1. The Kier molecular flexibility index (Phi) is 4.87. The average molecular weight is 335 g/mol. The van der Waals surface area contributed by atoms with Gasteiger partial charge in [0.05, 0.1) is 5.69 Å². The standard InChI is InChI=1S/C15H15BrN2O2/c1-10(11-4-2-5-12(16)8-11)17-9-13-6-3-7-14(18-13)15(19)20/h2-8,10,17H,9H2,1H3,(H,19,20)/t10-/m0/s1. The lowest BCUT2D eigenvalue weighted by molar-refractivity contribution is 0.0690. The molecule has 0 spiro atoms. The minimum atomic E-state index is -1.01. The zero-order chi connectivity index (χ0) is 14.5. The number of nitrogens with one attached hydrogen (secondary N) is 1. The minimum Gasteiger partial charge on any atom is -0.477 e. The molecule has 1 atom stereocenters. The van der Waals surface area contributed by atoms with Gasteiger partial charge in [0.15, 0.2) is 0 Å². The highest BCUT2D eigenvalue weighted by Gasteiger charge is 2.08. The maximum atomic E-state index is 10.9. The van der Waals surface area contributed by atoms with Crippen molar-refractivity contribution in [3.8, 4) is 0 Å². The minimum absolute atomic E-state index is 0.0689. The van der Waals surface area contributed by atoms with E-state index in [1.165, 1.54) is 6.07 Å². The molecule has 1 aromatic carbocycles. The van der Waals surface area contributed by atoms with Gasteiger partial charge in [0.2, 0.25) is 0 Å². The van der Waals surface area contributed by atoms with Crippen LogP contribution in [0, 0.1) is 0 Å². The summed E-state index contributed by atoms with van der Waals surface area (Å²) < 4.78 is 1.04. The molecule has 2 rings (SSSR count). The molecule has 2 N–H and O–H groups in total. The van der Waals surface area contributed by atoms with Crippen molar-refractivity contribution in [1.82, 2.24) is 10.3 Å². The highest BCUT2D eigenvalue weighted by Crippen LogP contribution is 2.18. The number of nitrogens with zero attached hydrogens (tertiary/aromatic N) is 1. The number of halogens is 1. The van der Waals surface area contributed by atoms with Crippen LogP contribution in [0.2, 0.25) is 0 Å². The van der Waals surface area contributed by atoms with Crippen molar-refractivity contribution < 1.29 is 9.90 Å². The lowest BCUT2D eigenvalue weighted by Crippen LogP contribution is -2.19. The topological polar surface area (TPSA) is 62.2 Å². The molecule has 0 aliphatic heterocycles. The van der Waals surface area contributed by atoms with Gasteiger partial charge in [0.25, 0.3) is 0 Å². The van der Waals surface area contributed by atoms with E-state index in [-0.39, 0.29) is 11.7 Å². The first kappa shape index (κ1) is 14.7. The molecule has 0 radical (unpaired) electrons. The Morgan fingerprint density at radius 2 is 2.10 bits per heavy atom. The van der Waals surface area contributed by atoms with Crippen LogP contribution in [-0.4, -0.2) is 16.1 Å². The number of carbonyl (C=O) groups is 1. The van der Waals surface area contributed by atoms with E-state index in [0.29, 0.717) is 12.2 Å². The third-order valence-corrected chi connectivity index (χ3v) is 3.46. The Morgan fingerprint density at radius 3 is 2.80 bits per heavy atom. The Balaban J connectivity index is 2.01. The Hall–Kier alpha value is -1.72. The van der Waals surface area contributed by atoms with Crippen LogP contribution in [-0.2, 0) is 6.54 Å². The number of carboxylic acids is 1. The number of pyridine rings is 1. The van der Waals surface area contributed by atoms with Gasteiger partial charge in [-0.05, 0) is 36.8 Å². The van der Waals surface area contributed by atoms with Crippen molar-refractivity contribution in [2.24, 2.45) is 0 Å². The van der Waals surface area contributed by atoms with Crippen molar-refractivity contribution in [3.05, 3.63) is 63.9 Å². The molecule has 0 saturated heterocycles. The van der Waals surface area contributed by atoms with E-state index in [9.17, 15) is 4.79 Å².